The van der Waals surface area contributed by atoms with Crippen LogP contribution in [0.2, 0.25) is 0 Å². The number of fused-ring (bicyclic) bond motifs is 1. The number of nitriles is 1. The van der Waals surface area contributed by atoms with Gasteiger partial charge in [0.15, 0.2) is 0 Å². The van der Waals surface area contributed by atoms with E-state index in [0.29, 0.717) is 30.6 Å². The Labute approximate surface area is 108 Å². The number of nitrogens with two attached hydrogens (primary N) is 1. The van der Waals surface area contributed by atoms with Crippen LogP contribution in [0, 0.1) is 23.2 Å². The van der Waals surface area contributed by atoms with Crippen molar-refractivity contribution >= 4 is 5.69 Å². The van der Waals surface area contributed by atoms with Gasteiger partial charge in [0.2, 0.25) is 0 Å². The molecule has 3 nitrogen and oxygen atoms in total. The number of hydrogen-bond acceptors (Lipinski definition) is 3. The first-order valence-electron chi connectivity index (χ1n) is 6.03. The smallest absolute Gasteiger partial charge is 0.371 e. The third-order valence-corrected chi connectivity index (χ3v) is 4.05. The number of anilines is 1. The van der Waals surface area contributed by atoms with E-state index < -0.39 is 11.7 Å². The zero-order chi connectivity index (χ0) is 13.8. The van der Waals surface area contributed by atoms with Crippen LogP contribution in [0.4, 0.5) is 18.9 Å². The fourth-order valence-electron chi connectivity index (χ4n) is 2.84. The monoisotopic (exact) mass is 267 g/mol. The first-order valence-corrected chi connectivity index (χ1v) is 6.03. The third kappa shape index (κ3) is 1.94. The van der Waals surface area contributed by atoms with E-state index in [-0.39, 0.29) is 11.6 Å². The quantitative estimate of drug-likeness (QED) is 0.846. The highest BCUT2D eigenvalue weighted by Gasteiger charge is 2.53. The molecule has 2 aliphatic rings. The minimum atomic E-state index is -4.50. The number of nitrogens with zero attached hydrogens (tertiary/aromatic N) is 2. The molecule has 0 radical (unpaired) electrons. The van der Waals surface area contributed by atoms with Crippen LogP contribution in [0.3, 0.4) is 0 Å². The van der Waals surface area contributed by atoms with E-state index in [1.807, 2.05) is 4.90 Å². The average Bonchev–Trinajstić information content (AvgIpc) is 2.79. The first-order chi connectivity index (χ1) is 8.91. The van der Waals surface area contributed by atoms with E-state index in [9.17, 15) is 13.2 Å². The molecule has 1 aromatic rings. The Morgan fingerprint density at radius 1 is 1.26 bits per heavy atom. The van der Waals surface area contributed by atoms with E-state index in [2.05, 4.69) is 0 Å². The number of halogens is 3. The van der Waals surface area contributed by atoms with E-state index in [1.54, 1.807) is 12.1 Å². The standard InChI is InChI=1S/C13H12F3N3/c14-13(15,16)11-3-8(2-1-7(11)4-17)19-5-9-10(6-19)12(9)18/h1-3,9-10,12H,5-6,18H2. The summed E-state index contributed by atoms with van der Waals surface area (Å²) in [7, 11) is 0. The molecule has 2 N–H and O–H groups in total. The molecule has 100 valence electrons. The molecule has 1 aromatic carbocycles. The summed E-state index contributed by atoms with van der Waals surface area (Å²) < 4.78 is 38.6. The summed E-state index contributed by atoms with van der Waals surface area (Å²) in [5.74, 6) is 0.815. The van der Waals surface area contributed by atoms with Gasteiger partial charge in [-0.05, 0) is 30.0 Å². The van der Waals surface area contributed by atoms with Crippen molar-refractivity contribution in [1.29, 1.82) is 5.26 Å². The highest BCUT2D eigenvalue weighted by molar-refractivity contribution is 5.56. The zero-order valence-electron chi connectivity index (χ0n) is 9.98. The maximum atomic E-state index is 12.9. The highest BCUT2D eigenvalue weighted by atomic mass is 19.4. The second-order valence-electron chi connectivity index (χ2n) is 5.15. The van der Waals surface area contributed by atoms with Gasteiger partial charge in [0.25, 0.3) is 0 Å². The number of piperidine rings is 1. The maximum Gasteiger partial charge on any atom is 0.417 e. The summed E-state index contributed by atoms with van der Waals surface area (Å²) in [6.07, 6.45) is -4.50. The van der Waals surface area contributed by atoms with Gasteiger partial charge in [-0.1, -0.05) is 0 Å². The molecule has 2 fully saturated rings. The Morgan fingerprint density at radius 2 is 1.89 bits per heavy atom. The number of rotatable bonds is 1. The van der Waals surface area contributed by atoms with E-state index in [1.165, 1.54) is 6.07 Å². The molecule has 2 atom stereocenters. The van der Waals surface area contributed by atoms with Gasteiger partial charge >= 0.3 is 6.18 Å². The van der Waals surface area contributed by atoms with Gasteiger partial charge < -0.3 is 10.6 Å². The fraction of sp³-hybridized carbons (Fsp3) is 0.462. The lowest BCUT2D eigenvalue weighted by molar-refractivity contribution is -0.137. The van der Waals surface area contributed by atoms with E-state index >= 15 is 0 Å². The van der Waals surface area contributed by atoms with Crippen molar-refractivity contribution in [3.8, 4) is 6.07 Å². The summed E-state index contributed by atoms with van der Waals surface area (Å²) in [5, 5.41) is 8.74. The minimum Gasteiger partial charge on any atom is -0.371 e. The van der Waals surface area contributed by atoms with Gasteiger partial charge in [-0.2, -0.15) is 18.4 Å². The summed E-state index contributed by atoms with van der Waals surface area (Å²) in [5.41, 5.74) is 5.13. The molecular weight excluding hydrogens is 255 g/mol. The molecule has 1 heterocycles. The topological polar surface area (TPSA) is 53.0 Å². The van der Waals surface area contributed by atoms with Crippen molar-refractivity contribution in [3.63, 3.8) is 0 Å². The van der Waals surface area contributed by atoms with Crippen LogP contribution < -0.4 is 10.6 Å². The van der Waals surface area contributed by atoms with Crippen molar-refractivity contribution in [3.05, 3.63) is 29.3 Å². The van der Waals surface area contributed by atoms with Crippen molar-refractivity contribution in [2.24, 2.45) is 17.6 Å². The minimum absolute atomic E-state index is 0.205. The van der Waals surface area contributed by atoms with Gasteiger partial charge in [-0.25, -0.2) is 0 Å². The van der Waals surface area contributed by atoms with Crippen molar-refractivity contribution in [1.82, 2.24) is 0 Å². The molecule has 1 aliphatic carbocycles. The van der Waals surface area contributed by atoms with Crippen LogP contribution in [-0.2, 0) is 6.18 Å². The third-order valence-electron chi connectivity index (χ3n) is 4.05. The Hall–Kier alpha value is -1.74. The van der Waals surface area contributed by atoms with E-state index in [4.69, 9.17) is 11.0 Å². The van der Waals surface area contributed by atoms with Gasteiger partial charge in [-0.3, -0.25) is 0 Å². The summed E-state index contributed by atoms with van der Waals surface area (Å²) in [6.45, 7) is 1.41. The zero-order valence-corrected chi connectivity index (χ0v) is 9.98. The molecule has 0 aromatic heterocycles. The Bertz CT molecular complexity index is 549. The van der Waals surface area contributed by atoms with Crippen molar-refractivity contribution in [2.75, 3.05) is 18.0 Å². The lowest BCUT2D eigenvalue weighted by atomic mass is 10.1. The molecule has 3 rings (SSSR count). The average molecular weight is 267 g/mol. The molecule has 1 aliphatic heterocycles. The van der Waals surface area contributed by atoms with Gasteiger partial charge in [0, 0.05) is 24.8 Å². The first kappa shape index (κ1) is 12.3. The van der Waals surface area contributed by atoms with Gasteiger partial charge in [-0.15, -0.1) is 0 Å². The Morgan fingerprint density at radius 3 is 2.42 bits per heavy atom. The second-order valence-corrected chi connectivity index (χ2v) is 5.15. The molecule has 6 heteroatoms. The van der Waals surface area contributed by atoms with Crippen LogP contribution in [0.1, 0.15) is 11.1 Å². The summed E-state index contributed by atoms with van der Waals surface area (Å²) in [6, 6.07) is 5.67. The molecule has 19 heavy (non-hydrogen) atoms. The Balaban J connectivity index is 1.90. The van der Waals surface area contributed by atoms with Crippen molar-refractivity contribution in [2.45, 2.75) is 12.2 Å². The molecule has 2 unspecified atom stereocenters. The van der Waals surface area contributed by atoms with Gasteiger partial charge in [0.05, 0.1) is 17.2 Å². The summed E-state index contributed by atoms with van der Waals surface area (Å²) in [4.78, 5) is 1.91. The summed E-state index contributed by atoms with van der Waals surface area (Å²) >= 11 is 0. The number of alkyl halides is 3. The Kier molecular flexibility index (Phi) is 2.51. The number of hydrogen-bond donors (Lipinski definition) is 1. The molecule has 1 saturated heterocycles. The maximum absolute atomic E-state index is 12.9. The molecular formula is C13H12F3N3. The molecule has 0 spiro atoms. The largest absolute Gasteiger partial charge is 0.417 e. The molecule has 0 amide bonds. The predicted molar refractivity (Wildman–Crippen MR) is 63.3 cm³/mol. The fourth-order valence-corrected chi connectivity index (χ4v) is 2.84. The van der Waals surface area contributed by atoms with Crippen LogP contribution >= 0.6 is 0 Å². The van der Waals surface area contributed by atoms with Crippen LogP contribution in [0.25, 0.3) is 0 Å². The second kappa shape index (κ2) is 3.87. The normalized spacial score (nSPS) is 29.0. The van der Waals surface area contributed by atoms with Crippen LogP contribution in [0.5, 0.6) is 0 Å². The van der Waals surface area contributed by atoms with Crippen LogP contribution in [-0.4, -0.2) is 19.1 Å². The van der Waals surface area contributed by atoms with Gasteiger partial charge in [0.1, 0.15) is 0 Å². The molecule has 1 saturated carbocycles. The van der Waals surface area contributed by atoms with Crippen LogP contribution in [0.15, 0.2) is 18.2 Å². The lowest BCUT2D eigenvalue weighted by Crippen LogP contribution is -2.28. The van der Waals surface area contributed by atoms with E-state index in [0.717, 1.165) is 6.07 Å². The highest BCUT2D eigenvalue weighted by Crippen LogP contribution is 2.46. The molecule has 0 bridgehead atoms. The lowest BCUT2D eigenvalue weighted by Gasteiger charge is -2.22. The predicted octanol–water partition coefficient (Wildman–Crippen LogP) is 1.97. The number of benzene rings is 1. The SMILES string of the molecule is N#Cc1ccc(N2CC3C(N)C3C2)cc1C(F)(F)F. The van der Waals surface area contributed by atoms with Crippen molar-refractivity contribution < 1.29 is 13.2 Å².